The van der Waals surface area contributed by atoms with Gasteiger partial charge in [-0.2, -0.15) is 0 Å². The standard InChI is InChI=1S/C15H21NO5/c17-11(10-1-2-10)16-9-13-7-14(8-13,12(18)19)15(21-13)3-5-20-6-4-15/h10H,1-9H2,(H,16,17)(H,18,19). The quantitative estimate of drug-likeness (QED) is 0.797. The Kier molecular flexibility index (Phi) is 2.70. The number of carbonyl (C=O) groups excluding carboxylic acids is 1. The van der Waals surface area contributed by atoms with E-state index >= 15 is 0 Å². The molecule has 0 aromatic heterocycles. The minimum Gasteiger partial charge on any atom is -0.481 e. The Morgan fingerprint density at radius 1 is 1.19 bits per heavy atom. The van der Waals surface area contributed by atoms with Crippen LogP contribution in [-0.4, -0.2) is 47.9 Å². The minimum absolute atomic E-state index is 0.0914. The summed E-state index contributed by atoms with van der Waals surface area (Å²) in [6.45, 7) is 1.55. The average molecular weight is 295 g/mol. The molecule has 0 aromatic rings. The summed E-state index contributed by atoms with van der Waals surface area (Å²) < 4.78 is 11.7. The number of carbonyl (C=O) groups is 2. The lowest BCUT2D eigenvalue weighted by atomic mass is 9.54. The van der Waals surface area contributed by atoms with E-state index in [1.807, 2.05) is 0 Å². The topological polar surface area (TPSA) is 84.9 Å². The lowest BCUT2D eigenvalue weighted by molar-refractivity contribution is -0.164. The molecule has 5 rings (SSSR count). The fourth-order valence-electron chi connectivity index (χ4n) is 4.48. The highest BCUT2D eigenvalue weighted by molar-refractivity contribution is 5.82. The van der Waals surface area contributed by atoms with E-state index in [1.54, 1.807) is 0 Å². The Morgan fingerprint density at radius 2 is 1.86 bits per heavy atom. The second kappa shape index (κ2) is 4.20. The second-order valence-electron chi connectivity index (χ2n) is 7.12. The molecule has 6 heteroatoms. The zero-order valence-electron chi connectivity index (χ0n) is 12.0. The smallest absolute Gasteiger partial charge is 0.312 e. The Balaban J connectivity index is 1.50. The minimum atomic E-state index is -0.777. The molecule has 3 saturated heterocycles. The van der Waals surface area contributed by atoms with Crippen LogP contribution in [0.1, 0.15) is 38.5 Å². The van der Waals surface area contributed by atoms with Crippen LogP contribution in [0.15, 0.2) is 0 Å². The predicted octanol–water partition coefficient (Wildman–Crippen LogP) is 0.696. The molecule has 5 aliphatic rings. The van der Waals surface area contributed by atoms with Crippen LogP contribution < -0.4 is 5.32 Å². The second-order valence-corrected chi connectivity index (χ2v) is 7.12. The maximum absolute atomic E-state index is 11.8. The third-order valence-electron chi connectivity index (χ3n) is 5.77. The molecule has 3 heterocycles. The number of rotatable bonds is 4. The summed E-state index contributed by atoms with van der Waals surface area (Å²) in [4.78, 5) is 23.6. The highest BCUT2D eigenvalue weighted by Gasteiger charge is 2.78. The Hall–Kier alpha value is -1.14. The summed E-state index contributed by atoms with van der Waals surface area (Å²) >= 11 is 0. The molecule has 116 valence electrons. The van der Waals surface area contributed by atoms with Crippen molar-refractivity contribution in [1.29, 1.82) is 0 Å². The van der Waals surface area contributed by atoms with Gasteiger partial charge in [-0.25, -0.2) is 0 Å². The van der Waals surface area contributed by atoms with E-state index < -0.39 is 22.6 Å². The van der Waals surface area contributed by atoms with Crippen molar-refractivity contribution < 1.29 is 24.2 Å². The molecule has 2 aliphatic carbocycles. The predicted molar refractivity (Wildman–Crippen MR) is 71.6 cm³/mol. The van der Waals surface area contributed by atoms with E-state index in [1.165, 1.54) is 0 Å². The molecule has 1 amide bonds. The summed E-state index contributed by atoms with van der Waals surface area (Å²) in [6.07, 6.45) is 4.25. The summed E-state index contributed by atoms with van der Waals surface area (Å²) in [5, 5.41) is 12.7. The van der Waals surface area contributed by atoms with E-state index in [-0.39, 0.29) is 11.8 Å². The normalized spacial score (nSPS) is 39.8. The van der Waals surface area contributed by atoms with Gasteiger partial charge in [0, 0.05) is 38.5 Å². The summed E-state index contributed by atoms with van der Waals surface area (Å²) in [7, 11) is 0. The Morgan fingerprint density at radius 3 is 2.43 bits per heavy atom. The fraction of sp³-hybridized carbons (Fsp3) is 0.867. The molecule has 0 atom stereocenters. The monoisotopic (exact) mass is 295 g/mol. The molecule has 21 heavy (non-hydrogen) atoms. The molecule has 0 unspecified atom stereocenters. The molecule has 5 fully saturated rings. The SMILES string of the molecule is O=C(NCC12CC(C(=O)O)(C1)C1(CCOCC1)O2)C1CC1. The van der Waals surface area contributed by atoms with Gasteiger partial charge in [-0.1, -0.05) is 0 Å². The lowest BCUT2D eigenvalue weighted by Gasteiger charge is -2.45. The van der Waals surface area contributed by atoms with Crippen LogP contribution in [0.25, 0.3) is 0 Å². The number of carboxylic acids is 1. The van der Waals surface area contributed by atoms with E-state index in [2.05, 4.69) is 5.32 Å². The van der Waals surface area contributed by atoms with E-state index in [0.29, 0.717) is 45.4 Å². The van der Waals surface area contributed by atoms with Crippen molar-refractivity contribution >= 4 is 11.9 Å². The summed E-state index contributed by atoms with van der Waals surface area (Å²) in [5.41, 5.74) is -1.84. The van der Waals surface area contributed by atoms with Crippen LogP contribution in [0, 0.1) is 11.3 Å². The number of hydrogen-bond donors (Lipinski definition) is 2. The number of amides is 1. The Labute approximate surface area is 123 Å². The number of ether oxygens (including phenoxy) is 2. The van der Waals surface area contributed by atoms with Gasteiger partial charge >= 0.3 is 5.97 Å². The number of nitrogens with one attached hydrogen (secondary N) is 1. The molecule has 0 aromatic carbocycles. The summed E-state index contributed by atoms with van der Waals surface area (Å²) in [6, 6.07) is 0. The van der Waals surface area contributed by atoms with Gasteiger partial charge in [0.2, 0.25) is 5.91 Å². The van der Waals surface area contributed by atoms with Crippen molar-refractivity contribution in [2.45, 2.75) is 49.7 Å². The van der Waals surface area contributed by atoms with Gasteiger partial charge in [-0.3, -0.25) is 9.59 Å². The van der Waals surface area contributed by atoms with E-state index in [0.717, 1.165) is 12.8 Å². The molecule has 2 bridgehead atoms. The third kappa shape index (κ3) is 1.78. The van der Waals surface area contributed by atoms with Crippen LogP contribution >= 0.6 is 0 Å². The molecular weight excluding hydrogens is 274 g/mol. The van der Waals surface area contributed by atoms with Gasteiger partial charge < -0.3 is 19.9 Å². The first-order valence-corrected chi connectivity index (χ1v) is 7.80. The van der Waals surface area contributed by atoms with Gasteiger partial charge in [0.1, 0.15) is 5.41 Å². The highest BCUT2D eigenvalue weighted by atomic mass is 16.6. The molecule has 2 saturated carbocycles. The molecule has 2 N–H and O–H groups in total. The van der Waals surface area contributed by atoms with Crippen LogP contribution in [0.3, 0.4) is 0 Å². The Bertz CT molecular complexity index is 486. The number of hydrogen-bond acceptors (Lipinski definition) is 4. The molecule has 1 spiro atoms. The first-order chi connectivity index (χ1) is 10.0. The molecular formula is C15H21NO5. The lowest BCUT2D eigenvalue weighted by Crippen LogP contribution is -2.58. The number of carboxylic acid groups (broad SMARTS) is 1. The van der Waals surface area contributed by atoms with Gasteiger partial charge in [0.05, 0.1) is 11.2 Å². The van der Waals surface area contributed by atoms with Crippen molar-refractivity contribution in [3.8, 4) is 0 Å². The van der Waals surface area contributed by atoms with Gasteiger partial charge in [-0.05, 0) is 25.7 Å². The van der Waals surface area contributed by atoms with E-state index in [4.69, 9.17) is 9.47 Å². The van der Waals surface area contributed by atoms with Gasteiger partial charge in [0.25, 0.3) is 0 Å². The van der Waals surface area contributed by atoms with Crippen LogP contribution in [-0.2, 0) is 19.1 Å². The van der Waals surface area contributed by atoms with Crippen molar-refractivity contribution in [2.75, 3.05) is 19.8 Å². The third-order valence-corrected chi connectivity index (χ3v) is 5.77. The maximum Gasteiger partial charge on any atom is 0.312 e. The molecule has 0 radical (unpaired) electrons. The average Bonchev–Trinajstić information content (AvgIpc) is 3.19. The van der Waals surface area contributed by atoms with Gasteiger partial charge in [-0.15, -0.1) is 0 Å². The maximum atomic E-state index is 11.8. The largest absolute Gasteiger partial charge is 0.481 e. The first kappa shape index (κ1) is 13.5. The van der Waals surface area contributed by atoms with E-state index in [9.17, 15) is 14.7 Å². The van der Waals surface area contributed by atoms with Crippen LogP contribution in [0.2, 0.25) is 0 Å². The fourth-order valence-corrected chi connectivity index (χ4v) is 4.48. The number of aliphatic carboxylic acids is 1. The van der Waals surface area contributed by atoms with Crippen molar-refractivity contribution in [3.63, 3.8) is 0 Å². The zero-order valence-corrected chi connectivity index (χ0v) is 12.0. The first-order valence-electron chi connectivity index (χ1n) is 7.80. The van der Waals surface area contributed by atoms with Crippen molar-refractivity contribution in [3.05, 3.63) is 0 Å². The van der Waals surface area contributed by atoms with Gasteiger partial charge in [0.15, 0.2) is 0 Å². The molecule has 6 nitrogen and oxygen atoms in total. The zero-order chi connectivity index (χ0) is 14.7. The summed E-state index contributed by atoms with van der Waals surface area (Å²) in [5.74, 6) is -0.496. The van der Waals surface area contributed by atoms with Crippen LogP contribution in [0.4, 0.5) is 0 Å². The van der Waals surface area contributed by atoms with Crippen LogP contribution in [0.5, 0.6) is 0 Å². The molecule has 3 aliphatic heterocycles. The van der Waals surface area contributed by atoms with Crippen molar-refractivity contribution in [2.24, 2.45) is 11.3 Å². The van der Waals surface area contributed by atoms with Crippen molar-refractivity contribution in [1.82, 2.24) is 5.32 Å². The highest BCUT2D eigenvalue weighted by Crippen LogP contribution is 2.69.